The van der Waals surface area contributed by atoms with E-state index in [4.69, 9.17) is 5.73 Å². The number of primary amides is 1. The quantitative estimate of drug-likeness (QED) is 0.778. The van der Waals surface area contributed by atoms with E-state index in [1.807, 2.05) is 0 Å². The summed E-state index contributed by atoms with van der Waals surface area (Å²) in [5.41, 5.74) is 5.07. The molecule has 0 fully saturated rings. The van der Waals surface area contributed by atoms with Gasteiger partial charge < -0.3 is 10.6 Å². The molecule has 0 atom stereocenters. The predicted molar refractivity (Wildman–Crippen MR) is 52.9 cm³/mol. The molecule has 2 amide bonds. The topological polar surface area (TPSA) is 63.4 Å². The average Bonchev–Trinajstić information content (AvgIpc) is 2.15. The van der Waals surface area contributed by atoms with Gasteiger partial charge in [0.2, 0.25) is 5.91 Å². The number of carbonyl (C=O) groups excluding carboxylic acids is 2. The monoisotopic (exact) mass is 210 g/mol. The summed E-state index contributed by atoms with van der Waals surface area (Å²) < 4.78 is 12.9. The molecule has 1 aromatic carbocycles. The second-order valence-electron chi connectivity index (χ2n) is 3.25. The lowest BCUT2D eigenvalue weighted by Gasteiger charge is -2.12. The van der Waals surface area contributed by atoms with Gasteiger partial charge in [-0.2, -0.15) is 0 Å². The summed E-state index contributed by atoms with van der Waals surface area (Å²) in [5.74, 6) is -1.78. The molecular weight excluding hydrogens is 199 g/mol. The van der Waals surface area contributed by atoms with Gasteiger partial charge in [-0.25, -0.2) is 4.39 Å². The summed E-state index contributed by atoms with van der Waals surface area (Å²) in [6.07, 6.45) is 0. The van der Waals surface area contributed by atoms with E-state index in [9.17, 15) is 14.0 Å². The minimum Gasteiger partial charge on any atom is -0.366 e. The van der Waals surface area contributed by atoms with Crippen molar-refractivity contribution in [3.8, 4) is 0 Å². The fourth-order valence-corrected chi connectivity index (χ4v) is 1.15. The highest BCUT2D eigenvalue weighted by atomic mass is 19.1. The molecule has 0 unspecified atom stereocenters. The van der Waals surface area contributed by atoms with Crippen LogP contribution in [0.5, 0.6) is 0 Å². The van der Waals surface area contributed by atoms with Crippen LogP contribution in [0.2, 0.25) is 0 Å². The Morgan fingerprint density at radius 3 is 2.33 bits per heavy atom. The first-order valence-corrected chi connectivity index (χ1v) is 4.24. The van der Waals surface area contributed by atoms with Crippen LogP contribution in [-0.4, -0.2) is 30.8 Å². The molecule has 0 aromatic heterocycles. The highest BCUT2D eigenvalue weighted by Crippen LogP contribution is 2.12. The molecule has 0 bridgehead atoms. The van der Waals surface area contributed by atoms with E-state index in [0.717, 1.165) is 12.1 Å². The molecule has 1 rings (SSSR count). The van der Waals surface area contributed by atoms with Crippen molar-refractivity contribution in [2.75, 3.05) is 14.1 Å². The number of hydrogen-bond donors (Lipinski definition) is 1. The lowest BCUT2D eigenvalue weighted by atomic mass is 10.1. The average molecular weight is 210 g/mol. The second kappa shape index (κ2) is 4.08. The van der Waals surface area contributed by atoms with Gasteiger partial charge in [0.25, 0.3) is 5.91 Å². The van der Waals surface area contributed by atoms with Gasteiger partial charge in [0.05, 0.1) is 11.1 Å². The fourth-order valence-electron chi connectivity index (χ4n) is 1.15. The standard InChI is InChI=1S/C10H11FN2O2/c1-13(2)10(15)8-5-6(11)3-4-7(8)9(12)14/h3-5H,1-2H3,(H2,12,14). The number of nitrogens with zero attached hydrogens (tertiary/aromatic N) is 1. The zero-order chi connectivity index (χ0) is 11.6. The van der Waals surface area contributed by atoms with Crippen LogP contribution in [0.1, 0.15) is 20.7 Å². The van der Waals surface area contributed by atoms with E-state index in [1.165, 1.54) is 25.1 Å². The van der Waals surface area contributed by atoms with Gasteiger partial charge in [-0.15, -0.1) is 0 Å². The van der Waals surface area contributed by atoms with Crippen molar-refractivity contribution in [1.82, 2.24) is 4.90 Å². The van der Waals surface area contributed by atoms with E-state index >= 15 is 0 Å². The molecule has 0 spiro atoms. The molecule has 0 aliphatic heterocycles. The highest BCUT2D eigenvalue weighted by molar-refractivity contribution is 6.06. The van der Waals surface area contributed by atoms with E-state index < -0.39 is 17.6 Å². The number of amides is 2. The maximum Gasteiger partial charge on any atom is 0.254 e. The zero-order valence-corrected chi connectivity index (χ0v) is 8.45. The summed E-state index contributed by atoms with van der Waals surface area (Å²) in [4.78, 5) is 23.8. The number of nitrogens with two attached hydrogens (primary N) is 1. The van der Waals surface area contributed by atoms with Gasteiger partial charge in [0.1, 0.15) is 5.82 Å². The van der Waals surface area contributed by atoms with Crippen molar-refractivity contribution in [3.05, 3.63) is 35.1 Å². The third kappa shape index (κ3) is 2.31. The van der Waals surface area contributed by atoms with E-state index in [2.05, 4.69) is 0 Å². The maximum absolute atomic E-state index is 12.9. The lowest BCUT2D eigenvalue weighted by Crippen LogP contribution is -2.25. The SMILES string of the molecule is CN(C)C(=O)c1cc(F)ccc1C(N)=O. The van der Waals surface area contributed by atoms with Gasteiger partial charge in [0.15, 0.2) is 0 Å². The van der Waals surface area contributed by atoms with Crippen LogP contribution in [-0.2, 0) is 0 Å². The summed E-state index contributed by atoms with van der Waals surface area (Å²) in [5, 5.41) is 0. The first-order valence-electron chi connectivity index (χ1n) is 4.24. The smallest absolute Gasteiger partial charge is 0.254 e. The van der Waals surface area contributed by atoms with Crippen LogP contribution >= 0.6 is 0 Å². The Morgan fingerprint density at radius 1 is 1.27 bits per heavy atom. The fraction of sp³-hybridized carbons (Fsp3) is 0.200. The van der Waals surface area contributed by atoms with Crippen molar-refractivity contribution >= 4 is 11.8 Å². The zero-order valence-electron chi connectivity index (χ0n) is 8.45. The number of rotatable bonds is 2. The van der Waals surface area contributed by atoms with E-state index in [0.29, 0.717) is 0 Å². The molecule has 0 aliphatic carbocycles. The van der Waals surface area contributed by atoms with Crippen LogP contribution in [0.3, 0.4) is 0 Å². The van der Waals surface area contributed by atoms with Crippen LogP contribution in [0.15, 0.2) is 18.2 Å². The molecule has 4 nitrogen and oxygen atoms in total. The van der Waals surface area contributed by atoms with Gasteiger partial charge in [0, 0.05) is 14.1 Å². The van der Waals surface area contributed by atoms with Crippen LogP contribution in [0.25, 0.3) is 0 Å². The number of hydrogen-bond acceptors (Lipinski definition) is 2. The summed E-state index contributed by atoms with van der Waals surface area (Å²) in [6, 6.07) is 3.30. The van der Waals surface area contributed by atoms with Crippen LogP contribution < -0.4 is 5.73 Å². The minimum absolute atomic E-state index is 0.0208. The number of halogens is 1. The molecule has 0 heterocycles. The Morgan fingerprint density at radius 2 is 1.87 bits per heavy atom. The van der Waals surface area contributed by atoms with Gasteiger partial charge in [-0.05, 0) is 18.2 Å². The normalized spacial score (nSPS) is 9.80. The summed E-state index contributed by atoms with van der Waals surface area (Å²) in [7, 11) is 3.02. The number of benzene rings is 1. The second-order valence-corrected chi connectivity index (χ2v) is 3.25. The van der Waals surface area contributed by atoms with Crippen molar-refractivity contribution in [2.45, 2.75) is 0 Å². The Hall–Kier alpha value is -1.91. The van der Waals surface area contributed by atoms with Crippen LogP contribution in [0.4, 0.5) is 4.39 Å². The van der Waals surface area contributed by atoms with Crippen molar-refractivity contribution in [3.63, 3.8) is 0 Å². The van der Waals surface area contributed by atoms with Crippen molar-refractivity contribution < 1.29 is 14.0 Å². The van der Waals surface area contributed by atoms with Gasteiger partial charge >= 0.3 is 0 Å². The molecule has 0 saturated heterocycles. The van der Waals surface area contributed by atoms with Crippen LogP contribution in [0, 0.1) is 5.82 Å². The summed E-state index contributed by atoms with van der Waals surface area (Å²) >= 11 is 0. The molecule has 0 saturated carbocycles. The Labute approximate surface area is 86.5 Å². The predicted octanol–water partition coefficient (Wildman–Crippen LogP) is 0.626. The molecule has 5 heteroatoms. The lowest BCUT2D eigenvalue weighted by molar-refractivity contribution is 0.0820. The molecular formula is C10H11FN2O2. The van der Waals surface area contributed by atoms with Gasteiger partial charge in [-0.1, -0.05) is 0 Å². The molecule has 2 N–H and O–H groups in total. The van der Waals surface area contributed by atoms with E-state index in [-0.39, 0.29) is 11.1 Å². The third-order valence-electron chi connectivity index (χ3n) is 1.88. The largest absolute Gasteiger partial charge is 0.366 e. The van der Waals surface area contributed by atoms with Crippen molar-refractivity contribution in [1.29, 1.82) is 0 Å². The molecule has 0 radical (unpaired) electrons. The Bertz CT molecular complexity index is 416. The Balaban J connectivity index is 3.30. The summed E-state index contributed by atoms with van der Waals surface area (Å²) in [6.45, 7) is 0. The third-order valence-corrected chi connectivity index (χ3v) is 1.88. The molecule has 0 aliphatic rings. The molecule has 80 valence electrons. The van der Waals surface area contributed by atoms with Gasteiger partial charge in [-0.3, -0.25) is 9.59 Å². The van der Waals surface area contributed by atoms with E-state index in [1.54, 1.807) is 0 Å². The highest BCUT2D eigenvalue weighted by Gasteiger charge is 2.17. The number of carbonyl (C=O) groups is 2. The first-order chi connectivity index (χ1) is 6.93. The van der Waals surface area contributed by atoms with Crippen molar-refractivity contribution in [2.24, 2.45) is 5.73 Å². The molecule has 15 heavy (non-hydrogen) atoms. The Kier molecular flexibility index (Phi) is 3.04. The first kappa shape index (κ1) is 11.2. The molecule has 1 aromatic rings. The maximum atomic E-state index is 12.9. The minimum atomic E-state index is -0.750.